The standard InChI is InChI=1S/C10H10N2O2S/c1-11-10-12-8(5-15-10)7-3-2-6(13)4-9(7)14/h2-5,13-14H,1H3,(H,11,12). The summed E-state index contributed by atoms with van der Waals surface area (Å²) in [7, 11) is 1.79. The molecule has 2 aromatic rings. The van der Waals surface area contributed by atoms with E-state index < -0.39 is 0 Å². The van der Waals surface area contributed by atoms with Crippen LogP contribution in [0.15, 0.2) is 23.6 Å². The van der Waals surface area contributed by atoms with Crippen LogP contribution in [-0.4, -0.2) is 22.2 Å². The molecule has 15 heavy (non-hydrogen) atoms. The molecule has 0 aliphatic rings. The molecule has 1 aromatic heterocycles. The Morgan fingerprint density at radius 2 is 2.13 bits per heavy atom. The van der Waals surface area contributed by atoms with E-state index in [0.29, 0.717) is 11.3 Å². The Balaban J connectivity index is 2.44. The van der Waals surface area contributed by atoms with E-state index in [1.807, 2.05) is 5.38 Å². The predicted octanol–water partition coefficient (Wildman–Crippen LogP) is 2.26. The van der Waals surface area contributed by atoms with E-state index in [2.05, 4.69) is 10.3 Å². The Labute approximate surface area is 90.9 Å². The van der Waals surface area contributed by atoms with Crippen LogP contribution < -0.4 is 5.32 Å². The van der Waals surface area contributed by atoms with Gasteiger partial charge in [-0.1, -0.05) is 0 Å². The Kier molecular flexibility index (Phi) is 2.47. The van der Waals surface area contributed by atoms with Crippen molar-refractivity contribution < 1.29 is 10.2 Å². The summed E-state index contributed by atoms with van der Waals surface area (Å²) in [5.41, 5.74) is 1.31. The minimum atomic E-state index is 0.0305. The quantitative estimate of drug-likeness (QED) is 0.729. The Morgan fingerprint density at radius 3 is 2.73 bits per heavy atom. The molecule has 0 amide bonds. The van der Waals surface area contributed by atoms with Crippen LogP contribution in [-0.2, 0) is 0 Å². The first-order chi connectivity index (χ1) is 7.20. The lowest BCUT2D eigenvalue weighted by molar-refractivity contribution is 0.452. The molecule has 0 aliphatic carbocycles. The number of benzene rings is 1. The van der Waals surface area contributed by atoms with E-state index in [1.165, 1.54) is 23.5 Å². The third kappa shape index (κ3) is 1.87. The van der Waals surface area contributed by atoms with Crippen LogP contribution in [0.2, 0.25) is 0 Å². The van der Waals surface area contributed by atoms with Gasteiger partial charge >= 0.3 is 0 Å². The van der Waals surface area contributed by atoms with Crippen molar-refractivity contribution in [2.24, 2.45) is 0 Å². The van der Waals surface area contributed by atoms with Crippen LogP contribution in [0.25, 0.3) is 11.3 Å². The zero-order valence-electron chi connectivity index (χ0n) is 8.06. The fraction of sp³-hybridized carbons (Fsp3) is 0.100. The second kappa shape index (κ2) is 3.78. The second-order valence-electron chi connectivity index (χ2n) is 2.99. The average molecular weight is 222 g/mol. The maximum Gasteiger partial charge on any atom is 0.182 e. The molecule has 5 heteroatoms. The van der Waals surface area contributed by atoms with Crippen LogP contribution in [0.3, 0.4) is 0 Å². The number of nitrogens with one attached hydrogen (secondary N) is 1. The van der Waals surface area contributed by atoms with Gasteiger partial charge in [0.2, 0.25) is 0 Å². The SMILES string of the molecule is CNc1nc(-c2ccc(O)cc2O)cs1. The molecule has 0 bridgehead atoms. The third-order valence-electron chi connectivity index (χ3n) is 1.98. The van der Waals surface area contributed by atoms with E-state index in [-0.39, 0.29) is 11.5 Å². The van der Waals surface area contributed by atoms with Crippen LogP contribution in [0.4, 0.5) is 5.13 Å². The maximum absolute atomic E-state index is 9.61. The van der Waals surface area contributed by atoms with E-state index in [9.17, 15) is 5.11 Å². The number of anilines is 1. The molecular weight excluding hydrogens is 212 g/mol. The predicted molar refractivity (Wildman–Crippen MR) is 60.4 cm³/mol. The molecule has 0 unspecified atom stereocenters. The fourth-order valence-corrected chi connectivity index (χ4v) is 1.92. The zero-order valence-corrected chi connectivity index (χ0v) is 8.88. The number of nitrogens with zero attached hydrogens (tertiary/aromatic N) is 1. The lowest BCUT2D eigenvalue weighted by Gasteiger charge is -2.01. The lowest BCUT2D eigenvalue weighted by Crippen LogP contribution is -1.86. The molecule has 0 saturated heterocycles. The summed E-state index contributed by atoms with van der Waals surface area (Å²) in [6, 6.07) is 4.46. The van der Waals surface area contributed by atoms with Gasteiger partial charge in [-0.05, 0) is 12.1 Å². The Morgan fingerprint density at radius 1 is 1.33 bits per heavy atom. The van der Waals surface area contributed by atoms with Crippen molar-refractivity contribution in [3.8, 4) is 22.8 Å². The van der Waals surface area contributed by atoms with E-state index in [1.54, 1.807) is 13.1 Å². The number of thiazole rings is 1. The molecule has 2 rings (SSSR count). The first-order valence-electron chi connectivity index (χ1n) is 4.36. The highest BCUT2D eigenvalue weighted by Crippen LogP contribution is 2.33. The van der Waals surface area contributed by atoms with E-state index in [0.717, 1.165) is 5.13 Å². The summed E-state index contributed by atoms with van der Waals surface area (Å²) >= 11 is 1.46. The first-order valence-corrected chi connectivity index (χ1v) is 5.24. The van der Waals surface area contributed by atoms with Gasteiger partial charge in [0.15, 0.2) is 5.13 Å². The van der Waals surface area contributed by atoms with Gasteiger partial charge in [-0.25, -0.2) is 4.98 Å². The molecule has 1 heterocycles. The van der Waals surface area contributed by atoms with Crippen molar-refractivity contribution in [1.82, 2.24) is 4.98 Å². The Bertz CT molecular complexity index is 482. The van der Waals surface area contributed by atoms with Gasteiger partial charge in [-0.15, -0.1) is 11.3 Å². The smallest absolute Gasteiger partial charge is 0.182 e. The number of hydrogen-bond acceptors (Lipinski definition) is 5. The largest absolute Gasteiger partial charge is 0.508 e. The van der Waals surface area contributed by atoms with Gasteiger partial charge in [0, 0.05) is 24.1 Å². The average Bonchev–Trinajstić information content (AvgIpc) is 2.66. The summed E-state index contributed by atoms with van der Waals surface area (Å²) in [6.07, 6.45) is 0. The zero-order chi connectivity index (χ0) is 10.8. The normalized spacial score (nSPS) is 10.2. The maximum atomic E-state index is 9.61. The minimum absolute atomic E-state index is 0.0305. The molecule has 1 aromatic carbocycles. The van der Waals surface area contributed by atoms with Crippen LogP contribution in [0, 0.1) is 0 Å². The summed E-state index contributed by atoms with van der Waals surface area (Å²) < 4.78 is 0. The summed E-state index contributed by atoms with van der Waals surface area (Å²) in [5, 5.41) is 24.3. The highest BCUT2D eigenvalue weighted by molar-refractivity contribution is 7.14. The fourth-order valence-electron chi connectivity index (χ4n) is 1.25. The highest BCUT2D eigenvalue weighted by Gasteiger charge is 2.08. The van der Waals surface area contributed by atoms with Gasteiger partial charge in [0.05, 0.1) is 5.69 Å². The second-order valence-corrected chi connectivity index (χ2v) is 3.85. The summed E-state index contributed by atoms with van der Waals surface area (Å²) in [4.78, 5) is 4.26. The Hall–Kier alpha value is -1.75. The molecule has 78 valence electrons. The first kappa shape index (κ1) is 9.79. The lowest BCUT2D eigenvalue weighted by atomic mass is 10.1. The van der Waals surface area contributed by atoms with Crippen molar-refractivity contribution in [2.75, 3.05) is 12.4 Å². The molecule has 0 saturated carbocycles. The molecule has 0 spiro atoms. The van der Waals surface area contributed by atoms with Crippen LogP contribution in [0.1, 0.15) is 0 Å². The number of rotatable bonds is 2. The van der Waals surface area contributed by atoms with Crippen molar-refractivity contribution in [1.29, 1.82) is 0 Å². The number of hydrogen-bond donors (Lipinski definition) is 3. The molecule has 0 atom stereocenters. The van der Waals surface area contributed by atoms with Crippen LogP contribution >= 0.6 is 11.3 Å². The van der Waals surface area contributed by atoms with Crippen molar-refractivity contribution in [2.45, 2.75) is 0 Å². The minimum Gasteiger partial charge on any atom is -0.508 e. The number of phenolic OH excluding ortho intramolecular Hbond substituents is 2. The van der Waals surface area contributed by atoms with Crippen LogP contribution in [0.5, 0.6) is 11.5 Å². The topological polar surface area (TPSA) is 65.4 Å². The molecule has 4 nitrogen and oxygen atoms in total. The monoisotopic (exact) mass is 222 g/mol. The van der Waals surface area contributed by atoms with Gasteiger partial charge in [-0.2, -0.15) is 0 Å². The van der Waals surface area contributed by atoms with Crippen molar-refractivity contribution in [3.63, 3.8) is 0 Å². The van der Waals surface area contributed by atoms with Gasteiger partial charge in [0.1, 0.15) is 11.5 Å². The molecule has 0 radical (unpaired) electrons. The number of aromatic nitrogens is 1. The van der Waals surface area contributed by atoms with Crippen molar-refractivity contribution >= 4 is 16.5 Å². The molecular formula is C10H10N2O2S. The van der Waals surface area contributed by atoms with E-state index in [4.69, 9.17) is 5.11 Å². The molecule has 0 aliphatic heterocycles. The summed E-state index contributed by atoms with van der Waals surface area (Å²) in [6.45, 7) is 0. The number of aromatic hydroxyl groups is 2. The van der Waals surface area contributed by atoms with Gasteiger partial charge < -0.3 is 15.5 Å². The molecule has 3 N–H and O–H groups in total. The van der Waals surface area contributed by atoms with Gasteiger partial charge in [0.25, 0.3) is 0 Å². The third-order valence-corrected chi connectivity index (χ3v) is 2.84. The highest BCUT2D eigenvalue weighted by atomic mass is 32.1. The van der Waals surface area contributed by atoms with Crippen molar-refractivity contribution in [3.05, 3.63) is 23.6 Å². The van der Waals surface area contributed by atoms with E-state index >= 15 is 0 Å². The van der Waals surface area contributed by atoms with Gasteiger partial charge in [-0.3, -0.25) is 0 Å². The summed E-state index contributed by atoms with van der Waals surface area (Å²) in [5.74, 6) is 0.0725. The molecule has 0 fully saturated rings. The number of phenols is 2.